The van der Waals surface area contributed by atoms with E-state index in [1.54, 1.807) is 0 Å². The van der Waals surface area contributed by atoms with Gasteiger partial charge in [-0.15, -0.1) is 0 Å². The van der Waals surface area contributed by atoms with E-state index in [2.05, 4.69) is 38.6 Å². The monoisotopic (exact) mass is 234 g/mol. The van der Waals surface area contributed by atoms with E-state index < -0.39 is 20.4 Å². The molecule has 0 aliphatic rings. The smallest absolute Gasteiger partial charge is 0.337 e. The molecule has 0 fully saturated rings. The molecule has 0 spiro atoms. The first kappa shape index (κ1) is 14.6. The number of carbonyl (C=O) groups is 1. The summed E-state index contributed by atoms with van der Waals surface area (Å²) in [5.41, 5.74) is 0. The van der Waals surface area contributed by atoms with E-state index in [9.17, 15) is 9.90 Å². The Bertz CT molecular complexity index is 220. The maximum atomic E-state index is 10.9. The van der Waals surface area contributed by atoms with Crippen molar-refractivity contribution in [2.45, 2.75) is 45.0 Å². The Hall–Kier alpha value is -0.393. The van der Waals surface area contributed by atoms with Crippen LogP contribution in [0.3, 0.4) is 0 Å². The highest BCUT2D eigenvalue weighted by molar-refractivity contribution is 6.74. The topological polar surface area (TPSA) is 55.8 Å². The highest BCUT2D eigenvalue weighted by Gasteiger charge is 2.38. The van der Waals surface area contributed by atoms with Crippen LogP contribution >= 0.6 is 0 Å². The number of ether oxygens (including phenoxy) is 1. The lowest BCUT2D eigenvalue weighted by atomic mass is 10.2. The summed E-state index contributed by atoms with van der Waals surface area (Å²) in [6.45, 7) is 10.5. The van der Waals surface area contributed by atoms with Crippen molar-refractivity contribution < 1.29 is 19.1 Å². The zero-order valence-corrected chi connectivity index (χ0v) is 11.5. The minimum absolute atomic E-state index is 0.0170. The standard InChI is InChI=1S/C10H22O4Si/c1-10(2,3)15(5,6)14-7-8(11)9(12)13-4/h8,11H,7H2,1-6H3/t8-/m0/s1. The first-order chi connectivity index (χ1) is 6.62. The molecule has 0 amide bonds. The molecule has 0 unspecified atom stereocenters. The lowest BCUT2D eigenvalue weighted by Gasteiger charge is -2.36. The molecule has 0 aromatic heterocycles. The second kappa shape index (κ2) is 5.09. The van der Waals surface area contributed by atoms with Gasteiger partial charge in [-0.1, -0.05) is 20.8 Å². The summed E-state index contributed by atoms with van der Waals surface area (Å²) in [5, 5.41) is 9.44. The van der Waals surface area contributed by atoms with E-state index in [-0.39, 0.29) is 11.6 Å². The molecule has 0 saturated heterocycles. The van der Waals surface area contributed by atoms with Crippen LogP contribution in [-0.4, -0.2) is 39.2 Å². The van der Waals surface area contributed by atoms with Crippen LogP contribution in [-0.2, 0) is 14.0 Å². The third kappa shape index (κ3) is 4.32. The zero-order valence-electron chi connectivity index (χ0n) is 10.5. The van der Waals surface area contributed by atoms with E-state index in [1.165, 1.54) is 7.11 Å². The quantitative estimate of drug-likeness (QED) is 0.592. The van der Waals surface area contributed by atoms with E-state index >= 15 is 0 Å². The molecule has 0 aliphatic carbocycles. The third-order valence-electron chi connectivity index (χ3n) is 2.88. The molecule has 15 heavy (non-hydrogen) atoms. The maximum absolute atomic E-state index is 10.9. The SMILES string of the molecule is COC(=O)[C@@H](O)CO[Si](C)(C)C(C)(C)C. The van der Waals surface area contributed by atoms with Gasteiger partial charge in [0, 0.05) is 0 Å². The first-order valence-electron chi connectivity index (χ1n) is 5.01. The van der Waals surface area contributed by atoms with E-state index in [0.717, 1.165) is 0 Å². The lowest BCUT2D eigenvalue weighted by Crippen LogP contribution is -2.43. The van der Waals surface area contributed by atoms with Crippen molar-refractivity contribution >= 4 is 14.3 Å². The van der Waals surface area contributed by atoms with Crippen LogP contribution in [0.2, 0.25) is 18.1 Å². The predicted molar refractivity (Wildman–Crippen MR) is 61.2 cm³/mol. The molecule has 0 saturated carbocycles. The molecule has 1 atom stereocenters. The number of methoxy groups -OCH3 is 1. The fourth-order valence-electron chi connectivity index (χ4n) is 0.708. The van der Waals surface area contributed by atoms with Crippen LogP contribution in [0.1, 0.15) is 20.8 Å². The Balaban J connectivity index is 4.22. The molecule has 0 aromatic rings. The van der Waals surface area contributed by atoms with Gasteiger partial charge >= 0.3 is 5.97 Å². The fourth-order valence-corrected chi connectivity index (χ4v) is 1.72. The summed E-state index contributed by atoms with van der Waals surface area (Å²) < 4.78 is 10.1. The number of carbonyl (C=O) groups excluding carboxylic acids is 1. The van der Waals surface area contributed by atoms with Crippen LogP contribution in [0, 0.1) is 0 Å². The van der Waals surface area contributed by atoms with E-state index in [4.69, 9.17) is 4.43 Å². The van der Waals surface area contributed by atoms with Gasteiger partial charge in [0.1, 0.15) is 0 Å². The molecule has 1 N–H and O–H groups in total. The maximum Gasteiger partial charge on any atom is 0.337 e. The average molecular weight is 234 g/mol. The molecule has 0 aromatic carbocycles. The number of aliphatic hydroxyl groups is 1. The number of hydrogen-bond acceptors (Lipinski definition) is 4. The van der Waals surface area contributed by atoms with Gasteiger partial charge < -0.3 is 14.3 Å². The molecular formula is C10H22O4Si. The van der Waals surface area contributed by atoms with Gasteiger partial charge in [-0.2, -0.15) is 0 Å². The van der Waals surface area contributed by atoms with Gasteiger partial charge in [0.25, 0.3) is 0 Å². The summed E-state index contributed by atoms with van der Waals surface area (Å²) in [4.78, 5) is 10.9. The zero-order chi connectivity index (χ0) is 12.3. The van der Waals surface area contributed by atoms with Gasteiger partial charge in [0.2, 0.25) is 0 Å². The van der Waals surface area contributed by atoms with Gasteiger partial charge in [0.05, 0.1) is 13.7 Å². The second-order valence-corrected chi connectivity index (χ2v) is 9.92. The van der Waals surface area contributed by atoms with Crippen molar-refractivity contribution in [3.8, 4) is 0 Å². The molecular weight excluding hydrogens is 212 g/mol. The third-order valence-corrected chi connectivity index (χ3v) is 7.38. The molecule has 5 heteroatoms. The van der Waals surface area contributed by atoms with Crippen molar-refractivity contribution in [3.05, 3.63) is 0 Å². The fraction of sp³-hybridized carbons (Fsp3) is 0.900. The number of rotatable bonds is 4. The van der Waals surface area contributed by atoms with Crippen LogP contribution in [0.5, 0.6) is 0 Å². The van der Waals surface area contributed by atoms with Crippen molar-refractivity contribution in [3.63, 3.8) is 0 Å². The van der Waals surface area contributed by atoms with Crippen molar-refractivity contribution in [2.24, 2.45) is 0 Å². The summed E-state index contributed by atoms with van der Waals surface area (Å²) in [6.07, 6.45) is -1.18. The van der Waals surface area contributed by atoms with E-state index in [0.29, 0.717) is 0 Å². The van der Waals surface area contributed by atoms with Gasteiger partial charge in [0.15, 0.2) is 14.4 Å². The number of hydrogen-bond donors (Lipinski definition) is 1. The van der Waals surface area contributed by atoms with Gasteiger partial charge in [-0.3, -0.25) is 0 Å². The molecule has 0 bridgehead atoms. The highest BCUT2D eigenvalue weighted by Crippen LogP contribution is 2.36. The van der Waals surface area contributed by atoms with Gasteiger partial charge in [-0.25, -0.2) is 4.79 Å². The Labute approximate surface area is 92.7 Å². The number of aliphatic hydroxyl groups excluding tert-OH is 1. The van der Waals surface area contributed by atoms with Gasteiger partial charge in [-0.05, 0) is 18.1 Å². The average Bonchev–Trinajstić information content (AvgIpc) is 2.11. The molecule has 0 radical (unpaired) electrons. The molecule has 0 aliphatic heterocycles. The summed E-state index contributed by atoms with van der Waals surface area (Å²) in [5.74, 6) is -0.645. The van der Waals surface area contributed by atoms with Crippen LogP contribution < -0.4 is 0 Å². The van der Waals surface area contributed by atoms with Crippen LogP contribution in [0.15, 0.2) is 0 Å². The van der Waals surface area contributed by atoms with E-state index in [1.807, 2.05) is 0 Å². The van der Waals surface area contributed by atoms with Crippen LogP contribution in [0.25, 0.3) is 0 Å². The summed E-state index contributed by atoms with van der Waals surface area (Å²) in [7, 11) is -0.646. The van der Waals surface area contributed by atoms with Crippen molar-refractivity contribution in [1.82, 2.24) is 0 Å². The largest absolute Gasteiger partial charge is 0.467 e. The van der Waals surface area contributed by atoms with Crippen molar-refractivity contribution in [1.29, 1.82) is 0 Å². The first-order valence-corrected chi connectivity index (χ1v) is 7.92. The van der Waals surface area contributed by atoms with Crippen LogP contribution in [0.4, 0.5) is 0 Å². The normalized spacial score (nSPS) is 14.9. The minimum Gasteiger partial charge on any atom is -0.467 e. The Morgan fingerprint density at radius 2 is 1.87 bits per heavy atom. The Morgan fingerprint density at radius 1 is 1.40 bits per heavy atom. The predicted octanol–water partition coefficient (Wildman–Crippen LogP) is 1.54. The molecule has 0 heterocycles. The lowest BCUT2D eigenvalue weighted by molar-refractivity contribution is -0.152. The second-order valence-electron chi connectivity index (χ2n) is 5.11. The Morgan fingerprint density at radius 3 is 2.20 bits per heavy atom. The highest BCUT2D eigenvalue weighted by atomic mass is 28.4. The van der Waals surface area contributed by atoms with Crippen molar-refractivity contribution in [2.75, 3.05) is 13.7 Å². The summed E-state index contributed by atoms with van der Waals surface area (Å²) >= 11 is 0. The molecule has 4 nitrogen and oxygen atoms in total. The Kier molecular flexibility index (Phi) is 4.96. The molecule has 0 rings (SSSR count). The number of esters is 1. The summed E-state index contributed by atoms with van der Waals surface area (Å²) in [6, 6.07) is 0. The molecule has 90 valence electrons. The minimum atomic E-state index is -1.89.